The highest BCUT2D eigenvalue weighted by Gasteiger charge is 2.70. The molecule has 3 aliphatic heterocycles. The number of aromatic hydroxyl groups is 1. The second kappa shape index (κ2) is 14.9. The first-order valence-electron chi connectivity index (χ1n) is 19.6. The van der Waals surface area contributed by atoms with Crippen LogP contribution in [0.2, 0.25) is 10.0 Å². The van der Waals surface area contributed by atoms with E-state index in [1.807, 2.05) is 24.3 Å². The van der Waals surface area contributed by atoms with Crippen molar-refractivity contribution in [1.29, 1.82) is 0 Å². The van der Waals surface area contributed by atoms with Crippen LogP contribution in [0, 0.1) is 29.5 Å². The van der Waals surface area contributed by atoms with Gasteiger partial charge in [0, 0.05) is 36.6 Å². The summed E-state index contributed by atoms with van der Waals surface area (Å²) in [5, 5.41) is 11.8. The second-order valence-corrected chi connectivity index (χ2v) is 16.8. The van der Waals surface area contributed by atoms with Gasteiger partial charge < -0.3 is 9.84 Å². The van der Waals surface area contributed by atoms with Crippen molar-refractivity contribution in [3.63, 3.8) is 0 Å². The van der Waals surface area contributed by atoms with Gasteiger partial charge in [0.15, 0.2) is 11.6 Å². The van der Waals surface area contributed by atoms with Crippen LogP contribution in [0.5, 0.6) is 11.5 Å². The van der Waals surface area contributed by atoms with Crippen molar-refractivity contribution in [2.24, 2.45) is 23.7 Å². The first-order chi connectivity index (χ1) is 28.0. The molecule has 0 radical (unpaired) electrons. The highest BCUT2D eigenvalue weighted by atomic mass is 35.5. The number of nitrogens with one attached hydrogen (secondary N) is 1. The molecule has 10 nitrogen and oxygen atoms in total. The molecule has 0 spiro atoms. The fraction of sp³-hybridized carbons (Fsp3) is 0.333. The summed E-state index contributed by atoms with van der Waals surface area (Å²) in [6, 6.07) is 25.5. The lowest BCUT2D eigenvalue weighted by molar-refractivity contribution is -0.144. The molecule has 2 aliphatic carbocycles. The van der Waals surface area contributed by atoms with E-state index in [1.165, 1.54) is 35.8 Å². The Morgan fingerprint density at radius 3 is 2.31 bits per heavy atom. The molecule has 9 rings (SSSR count). The van der Waals surface area contributed by atoms with Gasteiger partial charge in [0.1, 0.15) is 5.75 Å². The smallest absolute Gasteiger partial charge is 0.260 e. The number of halogens is 3. The summed E-state index contributed by atoms with van der Waals surface area (Å²) in [5.41, 5.74) is 4.31. The van der Waals surface area contributed by atoms with Crippen LogP contribution in [-0.4, -0.2) is 69.8 Å². The Labute approximate surface area is 345 Å². The number of anilines is 1. The molecule has 0 bridgehead atoms. The maximum atomic E-state index is 15.5. The molecule has 4 fully saturated rings. The van der Waals surface area contributed by atoms with Crippen LogP contribution in [0.3, 0.4) is 0 Å². The number of hydrogen-bond acceptors (Lipinski definition) is 8. The number of carbonyl (C=O) groups is 4. The number of likely N-dealkylation sites (tertiary alicyclic amines) is 2. The maximum Gasteiger partial charge on any atom is 0.260 e. The Morgan fingerprint density at radius 2 is 1.62 bits per heavy atom. The predicted molar refractivity (Wildman–Crippen MR) is 215 cm³/mol. The van der Waals surface area contributed by atoms with Crippen LogP contribution in [0.25, 0.3) is 0 Å². The maximum absolute atomic E-state index is 15.5. The van der Waals surface area contributed by atoms with Crippen LogP contribution in [-0.2, 0) is 31.1 Å². The molecule has 2 N–H and O–H groups in total. The zero-order chi connectivity index (χ0) is 40.5. The highest BCUT2D eigenvalue weighted by molar-refractivity contribution is 6.36. The van der Waals surface area contributed by atoms with Gasteiger partial charge in [-0.2, -0.15) is 5.01 Å². The lowest BCUT2D eigenvalue weighted by atomic mass is 9.49. The van der Waals surface area contributed by atoms with Gasteiger partial charge in [0.2, 0.25) is 11.8 Å². The number of rotatable bonds is 8. The van der Waals surface area contributed by atoms with Crippen molar-refractivity contribution < 1.29 is 33.4 Å². The topological polar surface area (TPSA) is 119 Å². The quantitative estimate of drug-likeness (QED) is 0.139. The van der Waals surface area contributed by atoms with E-state index in [-0.39, 0.29) is 41.4 Å². The number of imide groups is 2. The van der Waals surface area contributed by atoms with Crippen LogP contribution in [0.4, 0.5) is 10.1 Å². The molecule has 13 heteroatoms. The first kappa shape index (κ1) is 38.3. The van der Waals surface area contributed by atoms with E-state index in [4.69, 9.17) is 27.9 Å². The number of phenols is 1. The lowest BCUT2D eigenvalue weighted by Crippen LogP contribution is -2.53. The van der Waals surface area contributed by atoms with E-state index in [9.17, 15) is 19.5 Å². The van der Waals surface area contributed by atoms with E-state index >= 15 is 9.18 Å². The van der Waals surface area contributed by atoms with Crippen molar-refractivity contribution >= 4 is 52.5 Å². The summed E-state index contributed by atoms with van der Waals surface area (Å²) in [5.74, 6) is -6.63. The second-order valence-electron chi connectivity index (χ2n) is 16.0. The number of hydrazine groups is 1. The third-order valence-electron chi connectivity index (χ3n) is 13.1. The molecule has 298 valence electrons. The zero-order valence-electron chi connectivity index (χ0n) is 31.6. The van der Waals surface area contributed by atoms with E-state index in [0.29, 0.717) is 40.3 Å². The fourth-order valence-electron chi connectivity index (χ4n) is 10.5. The number of phenolic OH excluding ortho intramolecular Hbond substituents is 1. The van der Waals surface area contributed by atoms with Gasteiger partial charge in [-0.05, 0) is 90.8 Å². The minimum absolute atomic E-state index is 0.0789. The molecule has 4 amide bonds. The molecule has 1 saturated carbocycles. The number of methoxy groups -OCH3 is 1. The van der Waals surface area contributed by atoms with Gasteiger partial charge >= 0.3 is 0 Å². The average Bonchev–Trinajstić information content (AvgIpc) is 3.61. The molecule has 4 aromatic carbocycles. The molecular weight excluding hydrogens is 782 g/mol. The minimum Gasteiger partial charge on any atom is -0.505 e. The van der Waals surface area contributed by atoms with Gasteiger partial charge in [-0.3, -0.25) is 34.4 Å². The Morgan fingerprint density at radius 1 is 0.879 bits per heavy atom. The summed E-state index contributed by atoms with van der Waals surface area (Å²) in [6.07, 6.45) is 3.55. The Kier molecular flexibility index (Phi) is 9.81. The van der Waals surface area contributed by atoms with Gasteiger partial charge in [-0.1, -0.05) is 83.4 Å². The summed E-state index contributed by atoms with van der Waals surface area (Å²) < 4.78 is 20.9. The Balaban J connectivity index is 1.12. The summed E-state index contributed by atoms with van der Waals surface area (Å²) in [7, 11) is 1.52. The van der Waals surface area contributed by atoms with Crippen LogP contribution >= 0.6 is 23.2 Å². The standard InChI is InChI=1S/C45H41Cl2FN4O6/c1-58-30-11-8-27(9-12-30)45-34(42(55)52(44(45)57)49-37-15-10-28(46)22-35(37)47)23-33-31(40(45)26-7-16-38(53)36(48)21-26)13-14-32-39(33)43(56)51(41(32)54)29-17-19-50(20-18-29)24-25-5-3-2-4-6-25/h2-13,15-16,21-22,29,32-34,39-40,49,53H,14,17-20,23-24H2,1H3. The number of ether oxygens (including phenoxy) is 1. The van der Waals surface area contributed by atoms with E-state index < -0.39 is 58.4 Å². The Bertz CT molecular complexity index is 2350. The first-order valence-corrected chi connectivity index (χ1v) is 20.3. The third-order valence-corrected chi connectivity index (χ3v) is 13.6. The number of hydrogen-bond donors (Lipinski definition) is 2. The molecule has 3 saturated heterocycles. The van der Waals surface area contributed by atoms with Crippen molar-refractivity contribution in [1.82, 2.24) is 14.8 Å². The normalized spacial score (nSPS) is 27.3. The number of nitrogens with zero attached hydrogens (tertiary/aromatic N) is 3. The highest BCUT2D eigenvalue weighted by Crippen LogP contribution is 2.64. The predicted octanol–water partition coefficient (Wildman–Crippen LogP) is 7.50. The molecule has 6 atom stereocenters. The van der Waals surface area contributed by atoms with Gasteiger partial charge in [-0.15, -0.1) is 0 Å². The largest absolute Gasteiger partial charge is 0.505 e. The van der Waals surface area contributed by atoms with E-state index in [2.05, 4.69) is 22.5 Å². The fourth-order valence-corrected chi connectivity index (χ4v) is 10.9. The van der Waals surface area contributed by atoms with Crippen molar-refractivity contribution in [2.75, 3.05) is 25.6 Å². The Hall–Kier alpha value is -5.23. The van der Waals surface area contributed by atoms with Crippen molar-refractivity contribution in [3.05, 3.63) is 135 Å². The SMILES string of the molecule is COc1ccc(C23C(=O)N(Nc4ccc(Cl)cc4Cl)C(=O)C2CC2C(=CCC4C(=O)N(C5CCN(Cc6ccccc6)CC5)C(=O)C42)C3c2ccc(O)c(F)c2)cc1. The number of fused-ring (bicyclic) bond motifs is 4. The van der Waals surface area contributed by atoms with E-state index in [1.54, 1.807) is 42.5 Å². The average molecular weight is 824 g/mol. The van der Waals surface area contributed by atoms with Crippen LogP contribution < -0.4 is 10.2 Å². The number of benzene rings is 4. The number of carbonyl (C=O) groups excluding carboxylic acids is 4. The molecule has 4 aromatic rings. The van der Waals surface area contributed by atoms with Crippen molar-refractivity contribution in [2.45, 2.75) is 49.6 Å². The molecule has 3 heterocycles. The van der Waals surface area contributed by atoms with Gasteiger partial charge in [-0.25, -0.2) is 4.39 Å². The molecular formula is C45H41Cl2FN4O6. The minimum atomic E-state index is -1.65. The lowest BCUT2D eigenvalue weighted by Gasteiger charge is -2.50. The molecule has 5 aliphatic rings. The zero-order valence-corrected chi connectivity index (χ0v) is 33.1. The number of amides is 4. The van der Waals surface area contributed by atoms with Gasteiger partial charge in [0.25, 0.3) is 11.8 Å². The number of piperidine rings is 1. The van der Waals surface area contributed by atoms with Crippen LogP contribution in [0.15, 0.2) is 103 Å². The van der Waals surface area contributed by atoms with E-state index in [0.717, 1.165) is 24.6 Å². The molecule has 58 heavy (non-hydrogen) atoms. The monoisotopic (exact) mass is 822 g/mol. The summed E-state index contributed by atoms with van der Waals surface area (Å²) in [6.45, 7) is 2.25. The number of allylic oxidation sites excluding steroid dienone is 2. The van der Waals surface area contributed by atoms with Gasteiger partial charge in [0.05, 0.1) is 41.0 Å². The van der Waals surface area contributed by atoms with Crippen molar-refractivity contribution in [3.8, 4) is 11.5 Å². The van der Waals surface area contributed by atoms with Crippen LogP contribution in [0.1, 0.15) is 48.3 Å². The summed E-state index contributed by atoms with van der Waals surface area (Å²) >= 11 is 12.7. The molecule has 6 unspecified atom stereocenters. The molecule has 0 aromatic heterocycles. The summed E-state index contributed by atoms with van der Waals surface area (Å²) in [4.78, 5) is 63.3. The third kappa shape index (κ3) is 6.08.